The molecule has 2 aromatic carbocycles. The Labute approximate surface area is 106 Å². The number of aromatic hydroxyl groups is 1. The van der Waals surface area contributed by atoms with E-state index in [0.29, 0.717) is 5.56 Å². The summed E-state index contributed by atoms with van der Waals surface area (Å²) in [6.07, 6.45) is 0. The Morgan fingerprint density at radius 1 is 1.11 bits per heavy atom. The van der Waals surface area contributed by atoms with Gasteiger partial charge in [-0.15, -0.1) is 0 Å². The van der Waals surface area contributed by atoms with Crippen LogP contribution in [0.25, 0.3) is 0 Å². The topological polar surface area (TPSA) is 23.5 Å². The van der Waals surface area contributed by atoms with E-state index >= 15 is 0 Å². The highest BCUT2D eigenvalue weighted by atomic mass is 19.1. The van der Waals surface area contributed by atoms with Crippen molar-refractivity contribution in [3.8, 4) is 5.75 Å². The summed E-state index contributed by atoms with van der Waals surface area (Å²) in [5.74, 6) is -0.434. The number of hydrogen-bond acceptors (Lipinski definition) is 2. The molecule has 1 N–H and O–H groups in total. The van der Waals surface area contributed by atoms with Crippen molar-refractivity contribution in [3.05, 3.63) is 59.9 Å². The van der Waals surface area contributed by atoms with E-state index in [-0.39, 0.29) is 17.6 Å². The number of phenols is 1. The highest BCUT2D eigenvalue weighted by molar-refractivity contribution is 5.48. The summed E-state index contributed by atoms with van der Waals surface area (Å²) in [6, 6.07) is 14.0. The minimum atomic E-state index is -0.384. The summed E-state index contributed by atoms with van der Waals surface area (Å²) in [4.78, 5) is 2.00. The first kappa shape index (κ1) is 12.4. The van der Waals surface area contributed by atoms with Gasteiger partial charge in [0.15, 0.2) is 0 Å². The maximum absolute atomic E-state index is 13.8. The molecule has 0 bridgehead atoms. The van der Waals surface area contributed by atoms with Crippen LogP contribution in [0.1, 0.15) is 18.5 Å². The van der Waals surface area contributed by atoms with Gasteiger partial charge in [-0.2, -0.15) is 0 Å². The average Bonchev–Trinajstić information content (AvgIpc) is 2.38. The third-order valence-corrected chi connectivity index (χ3v) is 3.18. The summed E-state index contributed by atoms with van der Waals surface area (Å²) in [6.45, 7) is 1.93. The van der Waals surface area contributed by atoms with E-state index in [2.05, 4.69) is 0 Å². The van der Waals surface area contributed by atoms with Crippen LogP contribution in [0.4, 0.5) is 10.1 Å². The molecule has 0 heterocycles. The maximum atomic E-state index is 13.8. The van der Waals surface area contributed by atoms with Gasteiger partial charge in [0.25, 0.3) is 0 Å². The number of anilines is 1. The van der Waals surface area contributed by atoms with Gasteiger partial charge < -0.3 is 10.0 Å². The van der Waals surface area contributed by atoms with Crippen molar-refractivity contribution in [1.29, 1.82) is 0 Å². The Bertz CT molecular complexity index is 527. The molecule has 3 heteroatoms. The number of rotatable bonds is 3. The molecular weight excluding hydrogens is 229 g/mol. The van der Waals surface area contributed by atoms with E-state index in [4.69, 9.17) is 0 Å². The molecule has 94 valence electrons. The van der Waals surface area contributed by atoms with Crippen LogP contribution in [0.2, 0.25) is 0 Å². The smallest absolute Gasteiger partial charge is 0.132 e. The van der Waals surface area contributed by atoms with Gasteiger partial charge >= 0.3 is 0 Å². The SMILES string of the molecule is CC(c1ccc(O)cc1F)N(C)c1ccccc1. The van der Waals surface area contributed by atoms with E-state index in [1.165, 1.54) is 6.07 Å². The molecule has 0 aliphatic rings. The van der Waals surface area contributed by atoms with Crippen molar-refractivity contribution in [2.24, 2.45) is 0 Å². The summed E-state index contributed by atoms with van der Waals surface area (Å²) in [5, 5.41) is 9.22. The van der Waals surface area contributed by atoms with Crippen LogP contribution in [-0.4, -0.2) is 12.2 Å². The summed E-state index contributed by atoms with van der Waals surface area (Å²) in [5.41, 5.74) is 1.59. The molecule has 0 fully saturated rings. The van der Waals surface area contributed by atoms with E-state index in [9.17, 15) is 9.50 Å². The van der Waals surface area contributed by atoms with Gasteiger partial charge in [0.2, 0.25) is 0 Å². The first-order chi connectivity index (χ1) is 8.59. The lowest BCUT2D eigenvalue weighted by molar-refractivity contribution is 0.466. The van der Waals surface area contributed by atoms with Crippen LogP contribution in [0.3, 0.4) is 0 Å². The minimum Gasteiger partial charge on any atom is -0.508 e. The average molecular weight is 245 g/mol. The fourth-order valence-electron chi connectivity index (χ4n) is 1.95. The summed E-state index contributed by atoms with van der Waals surface area (Å²) >= 11 is 0. The summed E-state index contributed by atoms with van der Waals surface area (Å²) < 4.78 is 13.8. The number of phenolic OH excluding ortho intramolecular Hbond substituents is 1. The van der Waals surface area contributed by atoms with Crippen molar-refractivity contribution < 1.29 is 9.50 Å². The van der Waals surface area contributed by atoms with Crippen LogP contribution in [0.5, 0.6) is 5.75 Å². The quantitative estimate of drug-likeness (QED) is 0.890. The molecule has 0 amide bonds. The second-order valence-electron chi connectivity index (χ2n) is 4.33. The first-order valence-electron chi connectivity index (χ1n) is 5.86. The van der Waals surface area contributed by atoms with Crippen LogP contribution >= 0.6 is 0 Å². The molecule has 18 heavy (non-hydrogen) atoms. The van der Waals surface area contributed by atoms with Crippen molar-refractivity contribution >= 4 is 5.69 Å². The van der Waals surface area contributed by atoms with Crippen LogP contribution in [0, 0.1) is 5.82 Å². The van der Waals surface area contributed by atoms with Gasteiger partial charge in [-0.1, -0.05) is 24.3 Å². The Kier molecular flexibility index (Phi) is 3.51. The molecule has 2 aromatic rings. The number of halogens is 1. The van der Waals surface area contributed by atoms with Gasteiger partial charge in [-0.05, 0) is 25.1 Å². The molecule has 1 unspecified atom stereocenters. The Balaban J connectivity index is 2.28. The number of benzene rings is 2. The Morgan fingerprint density at radius 2 is 1.78 bits per heavy atom. The lowest BCUT2D eigenvalue weighted by Crippen LogP contribution is -2.22. The molecule has 1 atom stereocenters. The van der Waals surface area contributed by atoms with Gasteiger partial charge in [0.05, 0.1) is 6.04 Å². The second kappa shape index (κ2) is 5.08. The number of hydrogen-bond donors (Lipinski definition) is 1. The molecule has 0 saturated carbocycles. The highest BCUT2D eigenvalue weighted by Crippen LogP contribution is 2.28. The minimum absolute atomic E-state index is 0.0502. The molecule has 2 nitrogen and oxygen atoms in total. The zero-order chi connectivity index (χ0) is 13.1. The fraction of sp³-hybridized carbons (Fsp3) is 0.200. The van der Waals surface area contributed by atoms with Gasteiger partial charge in [0.1, 0.15) is 11.6 Å². The number of para-hydroxylation sites is 1. The van der Waals surface area contributed by atoms with E-state index in [0.717, 1.165) is 11.8 Å². The number of nitrogens with zero attached hydrogens (tertiary/aromatic N) is 1. The van der Waals surface area contributed by atoms with Crippen molar-refractivity contribution in [1.82, 2.24) is 0 Å². The normalized spacial score (nSPS) is 12.2. The molecule has 0 saturated heterocycles. The monoisotopic (exact) mass is 245 g/mol. The molecule has 0 spiro atoms. The van der Waals surface area contributed by atoms with Crippen LogP contribution < -0.4 is 4.90 Å². The molecule has 0 aromatic heterocycles. The van der Waals surface area contributed by atoms with Gasteiger partial charge in [0, 0.05) is 24.4 Å². The second-order valence-corrected chi connectivity index (χ2v) is 4.33. The van der Waals surface area contributed by atoms with Gasteiger partial charge in [-0.25, -0.2) is 4.39 Å². The van der Waals surface area contributed by atoms with Crippen LogP contribution in [0.15, 0.2) is 48.5 Å². The lowest BCUT2D eigenvalue weighted by Gasteiger charge is -2.27. The van der Waals surface area contributed by atoms with Gasteiger partial charge in [-0.3, -0.25) is 0 Å². The van der Waals surface area contributed by atoms with E-state index < -0.39 is 0 Å². The zero-order valence-electron chi connectivity index (χ0n) is 10.5. The Hall–Kier alpha value is -2.03. The first-order valence-corrected chi connectivity index (χ1v) is 5.86. The highest BCUT2D eigenvalue weighted by Gasteiger charge is 2.16. The van der Waals surface area contributed by atoms with Crippen molar-refractivity contribution in [3.63, 3.8) is 0 Å². The molecule has 0 aliphatic carbocycles. The molecule has 2 rings (SSSR count). The standard InChI is InChI=1S/C15H16FNO/c1-11(14-9-8-13(18)10-15(14)16)17(2)12-6-4-3-5-7-12/h3-11,18H,1-2H3. The van der Waals surface area contributed by atoms with E-state index in [1.54, 1.807) is 6.07 Å². The maximum Gasteiger partial charge on any atom is 0.132 e. The predicted octanol–water partition coefficient (Wildman–Crippen LogP) is 3.73. The molecule has 0 radical (unpaired) electrons. The van der Waals surface area contributed by atoms with Crippen LogP contribution in [-0.2, 0) is 0 Å². The fourth-order valence-corrected chi connectivity index (χ4v) is 1.95. The third kappa shape index (κ3) is 2.45. The predicted molar refractivity (Wildman–Crippen MR) is 71.3 cm³/mol. The summed E-state index contributed by atoms with van der Waals surface area (Å²) in [7, 11) is 1.92. The molecular formula is C15H16FNO. The third-order valence-electron chi connectivity index (χ3n) is 3.18. The lowest BCUT2D eigenvalue weighted by atomic mass is 10.1. The zero-order valence-corrected chi connectivity index (χ0v) is 10.5. The molecule has 0 aliphatic heterocycles. The Morgan fingerprint density at radius 3 is 2.39 bits per heavy atom. The van der Waals surface area contributed by atoms with E-state index in [1.807, 2.05) is 49.2 Å². The van der Waals surface area contributed by atoms with Crippen molar-refractivity contribution in [2.45, 2.75) is 13.0 Å². The van der Waals surface area contributed by atoms with Crippen molar-refractivity contribution in [2.75, 3.05) is 11.9 Å². The largest absolute Gasteiger partial charge is 0.508 e.